The van der Waals surface area contributed by atoms with Gasteiger partial charge in [0.2, 0.25) is 0 Å². The monoisotopic (exact) mass is 520 g/mol. The molecule has 0 bridgehead atoms. The summed E-state index contributed by atoms with van der Waals surface area (Å²) in [5.74, 6) is 1.33. The number of amides is 1. The third-order valence-corrected chi connectivity index (χ3v) is 9.70. The Morgan fingerprint density at radius 3 is 2.42 bits per heavy atom. The van der Waals surface area contributed by atoms with E-state index in [1.807, 2.05) is 24.5 Å². The van der Waals surface area contributed by atoms with E-state index in [1.54, 1.807) is 6.07 Å². The molecule has 2 unspecified atom stereocenters. The fourth-order valence-corrected chi connectivity index (χ4v) is 7.49. The summed E-state index contributed by atoms with van der Waals surface area (Å²) in [6.45, 7) is 6.29. The highest BCUT2D eigenvalue weighted by Gasteiger charge is 2.53. The van der Waals surface area contributed by atoms with Crippen LogP contribution in [0.5, 0.6) is 5.75 Å². The van der Waals surface area contributed by atoms with Crippen LogP contribution in [0.25, 0.3) is 0 Å². The number of pyridine rings is 1. The van der Waals surface area contributed by atoms with Crippen molar-refractivity contribution in [3.05, 3.63) is 53.9 Å². The number of quaternary nitrogens is 1. The van der Waals surface area contributed by atoms with Crippen LogP contribution in [0.15, 0.2) is 42.7 Å². The lowest BCUT2D eigenvalue weighted by atomic mass is 9.86. The summed E-state index contributed by atoms with van der Waals surface area (Å²) in [4.78, 5) is 32.2. The molecule has 2 aliphatic carbocycles. The standard InChI is InChI=1S/C31H41N3O4/c1-31(2)21-28(26-20-25(38-30(36)37)9-10-27(26)31)34(3,29(35)11-8-22-6-4-5-7-22)24-14-18-33(19-15-24)23-12-16-32-17-13-23/h9-10,12-13,16-17,20,22,24,28H,4-8,11,14-15,18-19,21H2,1-3H3/p+1. The highest BCUT2D eigenvalue weighted by Crippen LogP contribution is 2.52. The molecule has 2 atom stereocenters. The minimum absolute atomic E-state index is 0.0223. The summed E-state index contributed by atoms with van der Waals surface area (Å²) in [6.07, 6.45) is 11.7. The van der Waals surface area contributed by atoms with Crippen molar-refractivity contribution in [3.63, 3.8) is 0 Å². The number of carbonyl (C=O) groups excluding carboxylic acids is 1. The smallest absolute Gasteiger partial charge is 0.449 e. The zero-order valence-corrected chi connectivity index (χ0v) is 23.1. The normalized spacial score (nSPS) is 23.1. The Bertz CT molecular complexity index is 1150. The number of piperidine rings is 1. The zero-order valence-electron chi connectivity index (χ0n) is 23.1. The van der Waals surface area contributed by atoms with Crippen LogP contribution in [-0.2, 0) is 10.2 Å². The Morgan fingerprint density at radius 1 is 1.08 bits per heavy atom. The number of hydrogen-bond acceptors (Lipinski definition) is 5. The summed E-state index contributed by atoms with van der Waals surface area (Å²) in [5, 5.41) is 9.24. The molecule has 38 heavy (non-hydrogen) atoms. The molecular weight excluding hydrogens is 478 g/mol. The van der Waals surface area contributed by atoms with Gasteiger partial charge < -0.3 is 14.7 Å². The van der Waals surface area contributed by atoms with E-state index >= 15 is 0 Å². The molecule has 7 heteroatoms. The molecule has 7 nitrogen and oxygen atoms in total. The lowest BCUT2D eigenvalue weighted by molar-refractivity contribution is -0.892. The molecule has 1 aromatic heterocycles. The molecule has 1 aliphatic heterocycles. The van der Waals surface area contributed by atoms with Crippen LogP contribution in [0.2, 0.25) is 0 Å². The third kappa shape index (κ3) is 5.18. The van der Waals surface area contributed by atoms with Crippen molar-refractivity contribution in [3.8, 4) is 5.75 Å². The molecule has 1 saturated heterocycles. The number of benzene rings is 1. The number of rotatable bonds is 7. The van der Waals surface area contributed by atoms with Gasteiger partial charge in [0, 0.05) is 56.0 Å². The zero-order chi connectivity index (χ0) is 26.9. The predicted molar refractivity (Wildman–Crippen MR) is 147 cm³/mol. The SMILES string of the molecule is CC1(C)CC([N+](C)(C(=O)CCC2CCCC2)C2CCN(c3ccncc3)CC2)c2cc(OC(=O)O)ccc21. The molecule has 3 aliphatic rings. The molecule has 1 saturated carbocycles. The first-order valence-corrected chi connectivity index (χ1v) is 14.3. The van der Waals surface area contributed by atoms with E-state index in [1.165, 1.54) is 36.9 Å². The van der Waals surface area contributed by atoms with E-state index in [0.29, 0.717) is 28.5 Å². The fourth-order valence-electron chi connectivity index (χ4n) is 7.49. The number of fused-ring (bicyclic) bond motifs is 1. The molecule has 0 spiro atoms. The van der Waals surface area contributed by atoms with Gasteiger partial charge in [-0.15, -0.1) is 0 Å². The van der Waals surface area contributed by atoms with E-state index in [4.69, 9.17) is 4.74 Å². The molecule has 2 fully saturated rings. The quantitative estimate of drug-likeness (QED) is 0.256. The largest absolute Gasteiger partial charge is 0.511 e. The molecule has 2 aromatic rings. The van der Waals surface area contributed by atoms with Crippen LogP contribution < -0.4 is 9.64 Å². The van der Waals surface area contributed by atoms with Crippen molar-refractivity contribution in [2.75, 3.05) is 25.0 Å². The average molecular weight is 521 g/mol. The first kappa shape index (κ1) is 26.7. The Balaban J connectivity index is 1.46. The number of ether oxygens (including phenoxy) is 1. The number of carbonyl (C=O) groups is 2. The molecular formula is C31H42N3O4+. The van der Waals surface area contributed by atoms with Gasteiger partial charge in [-0.2, -0.15) is 0 Å². The lowest BCUT2D eigenvalue weighted by Crippen LogP contribution is -2.61. The number of aromatic nitrogens is 1. The Morgan fingerprint density at radius 2 is 1.76 bits per heavy atom. The van der Waals surface area contributed by atoms with E-state index in [2.05, 4.69) is 42.9 Å². The van der Waals surface area contributed by atoms with Crippen LogP contribution in [-0.4, -0.2) is 52.8 Å². The van der Waals surface area contributed by atoms with Crippen molar-refractivity contribution in [1.82, 2.24) is 4.98 Å². The Hall–Kier alpha value is -2.93. The van der Waals surface area contributed by atoms with Gasteiger partial charge in [-0.05, 0) is 47.6 Å². The number of nitrogens with zero attached hydrogens (tertiary/aromatic N) is 3. The Kier molecular flexibility index (Phi) is 7.49. The van der Waals surface area contributed by atoms with E-state index in [9.17, 15) is 14.7 Å². The minimum atomic E-state index is -1.31. The summed E-state index contributed by atoms with van der Waals surface area (Å²) >= 11 is 0. The maximum atomic E-state index is 14.4. The van der Waals surface area contributed by atoms with Gasteiger partial charge in [-0.25, -0.2) is 9.59 Å². The van der Waals surface area contributed by atoms with Gasteiger partial charge in [0.1, 0.15) is 11.8 Å². The van der Waals surface area contributed by atoms with Crippen LogP contribution >= 0.6 is 0 Å². The first-order valence-electron chi connectivity index (χ1n) is 14.3. The summed E-state index contributed by atoms with van der Waals surface area (Å²) in [6, 6.07) is 9.94. The van der Waals surface area contributed by atoms with Gasteiger partial charge in [0.25, 0.3) is 0 Å². The van der Waals surface area contributed by atoms with Gasteiger partial charge in [0.15, 0.2) is 0 Å². The third-order valence-electron chi connectivity index (χ3n) is 9.70. The number of anilines is 1. The van der Waals surface area contributed by atoms with Gasteiger partial charge in [-0.1, -0.05) is 45.6 Å². The van der Waals surface area contributed by atoms with Crippen molar-refractivity contribution in [1.29, 1.82) is 0 Å². The van der Waals surface area contributed by atoms with Crippen LogP contribution in [0.3, 0.4) is 0 Å². The van der Waals surface area contributed by atoms with Crippen molar-refractivity contribution in [2.45, 2.75) is 89.1 Å². The molecule has 1 amide bonds. The second-order valence-electron chi connectivity index (χ2n) is 12.4. The Labute approximate surface area is 226 Å². The first-order chi connectivity index (χ1) is 18.2. The van der Waals surface area contributed by atoms with Crippen LogP contribution in [0, 0.1) is 5.92 Å². The number of hydrogen-bond donors (Lipinski definition) is 1. The van der Waals surface area contributed by atoms with Crippen molar-refractivity contribution in [2.24, 2.45) is 5.92 Å². The molecule has 2 heterocycles. The van der Waals surface area contributed by atoms with Gasteiger partial charge >= 0.3 is 12.1 Å². The van der Waals surface area contributed by atoms with Crippen LogP contribution in [0.4, 0.5) is 10.5 Å². The molecule has 0 radical (unpaired) electrons. The van der Waals surface area contributed by atoms with E-state index in [-0.39, 0.29) is 17.5 Å². The lowest BCUT2D eigenvalue weighted by Gasteiger charge is -2.47. The maximum absolute atomic E-state index is 14.4. The highest BCUT2D eigenvalue weighted by atomic mass is 16.7. The molecule has 5 rings (SSSR count). The predicted octanol–water partition coefficient (Wildman–Crippen LogP) is 6.47. The van der Waals surface area contributed by atoms with E-state index in [0.717, 1.165) is 44.3 Å². The number of carboxylic acid groups (broad SMARTS) is 1. The summed E-state index contributed by atoms with van der Waals surface area (Å²) in [5.41, 5.74) is 3.34. The molecule has 1 N–H and O–H groups in total. The molecule has 204 valence electrons. The molecule has 1 aromatic carbocycles. The highest BCUT2D eigenvalue weighted by molar-refractivity contribution is 5.70. The van der Waals surface area contributed by atoms with Crippen molar-refractivity contribution >= 4 is 17.7 Å². The van der Waals surface area contributed by atoms with Crippen LogP contribution in [0.1, 0.15) is 88.8 Å². The summed E-state index contributed by atoms with van der Waals surface area (Å²) < 4.78 is 5.46. The average Bonchev–Trinajstić information content (AvgIpc) is 3.53. The van der Waals surface area contributed by atoms with Gasteiger partial charge in [-0.3, -0.25) is 9.47 Å². The van der Waals surface area contributed by atoms with E-state index < -0.39 is 6.16 Å². The van der Waals surface area contributed by atoms with Gasteiger partial charge in [0.05, 0.1) is 19.5 Å². The fraction of sp³-hybridized carbons (Fsp3) is 0.581. The second-order valence-corrected chi connectivity index (χ2v) is 12.4. The second kappa shape index (κ2) is 10.7. The summed E-state index contributed by atoms with van der Waals surface area (Å²) in [7, 11) is 2.17. The van der Waals surface area contributed by atoms with Crippen molar-refractivity contribution < 1.29 is 23.9 Å². The topological polar surface area (TPSA) is 79.7 Å². The maximum Gasteiger partial charge on any atom is 0.511 e. The minimum Gasteiger partial charge on any atom is -0.449 e.